The maximum absolute atomic E-state index is 12.8. The van der Waals surface area contributed by atoms with Gasteiger partial charge in [-0.15, -0.1) is 0 Å². The van der Waals surface area contributed by atoms with E-state index in [4.69, 9.17) is 10.00 Å². The van der Waals surface area contributed by atoms with Crippen LogP contribution in [0.2, 0.25) is 0 Å². The lowest BCUT2D eigenvalue weighted by atomic mass is 10.2. The number of hydrogen-bond acceptors (Lipinski definition) is 6. The number of likely N-dealkylation sites (N-methyl/N-ethyl adjacent to an activating group) is 1. The molecule has 0 fully saturated rings. The van der Waals surface area contributed by atoms with Gasteiger partial charge in [0.05, 0.1) is 12.5 Å². The van der Waals surface area contributed by atoms with Crippen LogP contribution in [0.1, 0.15) is 40.0 Å². The molecular weight excluding hydrogens is 396 g/mol. The van der Waals surface area contributed by atoms with Crippen LogP contribution in [-0.4, -0.2) is 73.5 Å². The van der Waals surface area contributed by atoms with Gasteiger partial charge in [-0.2, -0.15) is 5.26 Å². The molecule has 1 aromatic carbocycles. The lowest BCUT2D eigenvalue weighted by Gasteiger charge is -2.27. The smallest absolute Gasteiger partial charge is 0.326 e. The lowest BCUT2D eigenvalue weighted by Crippen LogP contribution is -2.42. The zero-order chi connectivity index (χ0) is 23.4. The van der Waals surface area contributed by atoms with E-state index in [2.05, 4.69) is 0 Å². The Morgan fingerprint density at radius 1 is 0.968 bits per heavy atom. The molecule has 0 aromatic heterocycles. The molecule has 0 saturated heterocycles. The molecule has 0 bridgehead atoms. The van der Waals surface area contributed by atoms with Crippen molar-refractivity contribution in [2.75, 3.05) is 45.2 Å². The Morgan fingerprint density at radius 2 is 1.58 bits per heavy atom. The van der Waals surface area contributed by atoms with Crippen molar-refractivity contribution in [3.8, 4) is 6.07 Å². The van der Waals surface area contributed by atoms with Gasteiger partial charge in [0.1, 0.15) is 12.1 Å². The summed E-state index contributed by atoms with van der Waals surface area (Å²) >= 11 is 0. The van der Waals surface area contributed by atoms with E-state index in [1.807, 2.05) is 43.3 Å². The van der Waals surface area contributed by atoms with Crippen LogP contribution in [0.15, 0.2) is 30.3 Å². The normalized spacial score (nSPS) is 11.0. The number of anilines is 1. The standard InChI is InChI=1S/C23H34N4O4/c1-23(2,3)31-22(30)18-26(17-16-25(4)5)20(28)12-13-21(29)27(15-9-14-24)19-10-7-6-8-11-19/h6-8,10-11H,9,12-13,15-18H2,1-5H3. The second kappa shape index (κ2) is 12.7. The fourth-order valence-electron chi connectivity index (χ4n) is 2.82. The van der Waals surface area contributed by atoms with Crippen molar-refractivity contribution in [3.63, 3.8) is 0 Å². The SMILES string of the molecule is CN(C)CCN(CC(=O)OC(C)(C)C)C(=O)CCC(=O)N(CCC#N)c1ccccc1. The van der Waals surface area contributed by atoms with Crippen LogP contribution >= 0.6 is 0 Å². The second-order valence-corrected chi connectivity index (χ2v) is 8.49. The highest BCUT2D eigenvalue weighted by atomic mass is 16.6. The van der Waals surface area contributed by atoms with Crippen molar-refractivity contribution in [2.24, 2.45) is 0 Å². The van der Waals surface area contributed by atoms with E-state index in [-0.39, 0.29) is 44.2 Å². The molecule has 0 heterocycles. The van der Waals surface area contributed by atoms with Gasteiger partial charge in [0, 0.05) is 38.2 Å². The quantitative estimate of drug-likeness (QED) is 0.501. The summed E-state index contributed by atoms with van der Waals surface area (Å²) in [5.74, 6) is -1.00. The molecule has 2 amide bonds. The summed E-state index contributed by atoms with van der Waals surface area (Å²) < 4.78 is 5.34. The summed E-state index contributed by atoms with van der Waals surface area (Å²) in [5, 5.41) is 8.91. The number of rotatable bonds is 11. The number of nitriles is 1. The van der Waals surface area contributed by atoms with Crippen molar-refractivity contribution >= 4 is 23.5 Å². The van der Waals surface area contributed by atoms with E-state index in [0.717, 1.165) is 0 Å². The lowest BCUT2D eigenvalue weighted by molar-refractivity contribution is -0.159. The first-order chi connectivity index (χ1) is 14.5. The van der Waals surface area contributed by atoms with Crippen molar-refractivity contribution in [2.45, 2.75) is 45.6 Å². The topological polar surface area (TPSA) is 93.9 Å². The number of nitrogens with zero attached hydrogens (tertiary/aromatic N) is 4. The number of carbonyl (C=O) groups excluding carboxylic acids is 3. The number of para-hydroxylation sites is 1. The Balaban J connectivity index is 2.79. The van der Waals surface area contributed by atoms with Crippen LogP contribution in [0.4, 0.5) is 5.69 Å². The summed E-state index contributed by atoms with van der Waals surface area (Å²) in [4.78, 5) is 42.7. The van der Waals surface area contributed by atoms with Crippen molar-refractivity contribution in [1.29, 1.82) is 5.26 Å². The summed E-state index contributed by atoms with van der Waals surface area (Å²) in [6, 6.07) is 11.1. The van der Waals surface area contributed by atoms with Gasteiger partial charge in [0.15, 0.2) is 0 Å². The van der Waals surface area contributed by atoms with Gasteiger partial charge in [-0.1, -0.05) is 18.2 Å². The van der Waals surface area contributed by atoms with Crippen LogP contribution in [0.25, 0.3) is 0 Å². The Morgan fingerprint density at radius 3 is 2.13 bits per heavy atom. The fourth-order valence-corrected chi connectivity index (χ4v) is 2.82. The van der Waals surface area contributed by atoms with E-state index in [1.54, 1.807) is 32.9 Å². The van der Waals surface area contributed by atoms with Crippen molar-refractivity contribution in [3.05, 3.63) is 30.3 Å². The zero-order valence-corrected chi connectivity index (χ0v) is 19.3. The molecule has 0 aliphatic rings. The van der Waals surface area contributed by atoms with Crippen molar-refractivity contribution < 1.29 is 19.1 Å². The molecule has 170 valence electrons. The van der Waals surface area contributed by atoms with Gasteiger partial charge in [-0.25, -0.2) is 0 Å². The molecule has 8 nitrogen and oxygen atoms in total. The molecule has 31 heavy (non-hydrogen) atoms. The predicted molar refractivity (Wildman–Crippen MR) is 119 cm³/mol. The number of esters is 1. The Bertz CT molecular complexity index is 766. The first kappa shape index (κ1) is 26.1. The minimum absolute atomic E-state index is 0.00800. The minimum Gasteiger partial charge on any atom is -0.459 e. The molecule has 0 radical (unpaired) electrons. The number of hydrogen-bond donors (Lipinski definition) is 0. The van der Waals surface area contributed by atoms with Gasteiger partial charge < -0.3 is 19.4 Å². The Labute approximate surface area is 185 Å². The van der Waals surface area contributed by atoms with Crippen LogP contribution in [0.3, 0.4) is 0 Å². The zero-order valence-electron chi connectivity index (χ0n) is 19.3. The molecule has 8 heteroatoms. The monoisotopic (exact) mass is 430 g/mol. The van der Waals surface area contributed by atoms with E-state index in [1.165, 1.54) is 9.80 Å². The first-order valence-corrected chi connectivity index (χ1v) is 10.4. The van der Waals surface area contributed by atoms with Crippen LogP contribution in [-0.2, 0) is 19.1 Å². The molecule has 0 aliphatic carbocycles. The molecule has 0 N–H and O–H groups in total. The van der Waals surface area contributed by atoms with Gasteiger partial charge in [-0.3, -0.25) is 14.4 Å². The summed E-state index contributed by atoms with van der Waals surface area (Å²) in [6.07, 6.45) is 0.166. The van der Waals surface area contributed by atoms with Crippen LogP contribution in [0, 0.1) is 11.3 Å². The number of amides is 2. The third kappa shape index (κ3) is 10.6. The molecule has 0 atom stereocenters. The Hall–Kier alpha value is -2.92. The van der Waals surface area contributed by atoms with Crippen LogP contribution in [0.5, 0.6) is 0 Å². The molecular formula is C23H34N4O4. The summed E-state index contributed by atoms with van der Waals surface area (Å²) in [6.45, 7) is 6.36. The van der Waals surface area contributed by atoms with E-state index in [9.17, 15) is 14.4 Å². The van der Waals surface area contributed by atoms with E-state index in [0.29, 0.717) is 18.8 Å². The fraction of sp³-hybridized carbons (Fsp3) is 0.565. The van der Waals surface area contributed by atoms with Gasteiger partial charge in [0.2, 0.25) is 11.8 Å². The molecule has 1 rings (SSSR count). The molecule has 0 unspecified atom stereocenters. The van der Waals surface area contributed by atoms with E-state index < -0.39 is 11.6 Å². The Kier molecular flexibility index (Phi) is 10.7. The van der Waals surface area contributed by atoms with E-state index >= 15 is 0 Å². The third-order valence-corrected chi connectivity index (χ3v) is 4.28. The molecule has 1 aromatic rings. The molecule has 0 aliphatic heterocycles. The predicted octanol–water partition coefficient (Wildman–Crippen LogP) is 2.45. The minimum atomic E-state index is -0.639. The highest BCUT2D eigenvalue weighted by molar-refractivity contribution is 5.95. The molecule has 0 saturated carbocycles. The molecule has 0 spiro atoms. The van der Waals surface area contributed by atoms with Crippen molar-refractivity contribution in [1.82, 2.24) is 9.80 Å². The number of ether oxygens (including phenoxy) is 1. The first-order valence-electron chi connectivity index (χ1n) is 10.4. The van der Waals surface area contributed by atoms with Gasteiger partial charge in [-0.05, 0) is 47.0 Å². The third-order valence-electron chi connectivity index (χ3n) is 4.28. The second-order valence-electron chi connectivity index (χ2n) is 8.49. The van der Waals surface area contributed by atoms with Crippen LogP contribution < -0.4 is 4.90 Å². The largest absolute Gasteiger partial charge is 0.459 e. The highest BCUT2D eigenvalue weighted by Gasteiger charge is 2.24. The van der Waals surface area contributed by atoms with Gasteiger partial charge >= 0.3 is 5.97 Å². The number of carbonyl (C=O) groups is 3. The summed E-state index contributed by atoms with van der Waals surface area (Å²) in [7, 11) is 3.76. The maximum atomic E-state index is 12.8. The average Bonchev–Trinajstić information content (AvgIpc) is 2.68. The highest BCUT2D eigenvalue weighted by Crippen LogP contribution is 2.16. The average molecular weight is 431 g/mol. The summed E-state index contributed by atoms with van der Waals surface area (Å²) in [5.41, 5.74) is 0.0497. The maximum Gasteiger partial charge on any atom is 0.326 e. The van der Waals surface area contributed by atoms with Gasteiger partial charge in [0.25, 0.3) is 0 Å². The number of benzene rings is 1.